The molecule has 0 spiro atoms. The molecule has 3 N–H and O–H groups in total. The molecule has 5 rings (SSSR count). The Kier molecular flexibility index (Phi) is 5.26. The first-order valence-electron chi connectivity index (χ1n) is 10.7. The predicted octanol–water partition coefficient (Wildman–Crippen LogP) is 3.39. The molecule has 1 aliphatic rings. The molecule has 0 saturated carbocycles. The maximum Gasteiger partial charge on any atom is 0.172 e. The maximum absolute atomic E-state index is 5.04. The van der Waals surface area contributed by atoms with Crippen LogP contribution in [0, 0.1) is 6.92 Å². The third-order valence-corrected chi connectivity index (χ3v) is 5.92. The molecule has 0 bridgehead atoms. The molecule has 0 aliphatic carbocycles. The molecule has 4 aromatic rings. The lowest BCUT2D eigenvalue weighted by Gasteiger charge is -2.35. The molecule has 7 heteroatoms. The van der Waals surface area contributed by atoms with Gasteiger partial charge in [0.05, 0.1) is 23.1 Å². The largest absolute Gasteiger partial charge is 0.370 e. The molecule has 158 valence electrons. The molecule has 3 heterocycles. The van der Waals surface area contributed by atoms with Crippen molar-refractivity contribution in [2.24, 2.45) is 0 Å². The van der Waals surface area contributed by atoms with Gasteiger partial charge in [0.15, 0.2) is 11.6 Å². The number of piperazine rings is 1. The smallest absolute Gasteiger partial charge is 0.172 e. The molecule has 1 atom stereocenters. The molecular formula is C24H27N7. The van der Waals surface area contributed by atoms with E-state index in [1.54, 1.807) is 0 Å². The topological polar surface area (TPSA) is 81.8 Å². The van der Waals surface area contributed by atoms with Gasteiger partial charge in [-0.3, -0.25) is 5.10 Å². The van der Waals surface area contributed by atoms with Gasteiger partial charge >= 0.3 is 0 Å². The van der Waals surface area contributed by atoms with E-state index < -0.39 is 0 Å². The standard InChI is InChI=1S/C24H27N7/c1-16-20-13-18(8-9-21(20)30-29-16)22-14-27-23(25-2)24(28-22)31-11-10-26-19(15-31)12-17-6-4-3-5-7-17/h3-9,13-14,19,26H,10-12,15H2,1-2H3,(H,25,27)(H,29,30)/t19-/m0/s1. The van der Waals surface area contributed by atoms with Crippen LogP contribution in [0.25, 0.3) is 22.2 Å². The number of aryl methyl sites for hydroxylation is 1. The molecular weight excluding hydrogens is 386 g/mol. The molecule has 1 aliphatic heterocycles. The fourth-order valence-corrected chi connectivity index (χ4v) is 4.27. The van der Waals surface area contributed by atoms with Gasteiger partial charge in [-0.1, -0.05) is 36.4 Å². The molecule has 1 saturated heterocycles. The minimum Gasteiger partial charge on any atom is -0.370 e. The fraction of sp³-hybridized carbons (Fsp3) is 0.292. The highest BCUT2D eigenvalue weighted by atomic mass is 15.3. The zero-order chi connectivity index (χ0) is 21.2. The van der Waals surface area contributed by atoms with Crippen molar-refractivity contribution in [1.82, 2.24) is 25.5 Å². The van der Waals surface area contributed by atoms with E-state index in [0.717, 1.165) is 65.5 Å². The first-order chi connectivity index (χ1) is 15.2. The minimum absolute atomic E-state index is 0.372. The van der Waals surface area contributed by atoms with E-state index in [1.165, 1.54) is 5.56 Å². The van der Waals surface area contributed by atoms with Gasteiger partial charge in [-0.05, 0) is 31.0 Å². The molecule has 7 nitrogen and oxygen atoms in total. The highest BCUT2D eigenvalue weighted by Crippen LogP contribution is 2.29. The van der Waals surface area contributed by atoms with E-state index in [4.69, 9.17) is 4.98 Å². The summed E-state index contributed by atoms with van der Waals surface area (Å²) in [5, 5.41) is 15.4. The van der Waals surface area contributed by atoms with Crippen molar-refractivity contribution in [2.45, 2.75) is 19.4 Å². The predicted molar refractivity (Wildman–Crippen MR) is 126 cm³/mol. The molecule has 2 aromatic carbocycles. The number of benzene rings is 2. The quantitative estimate of drug-likeness (QED) is 0.465. The van der Waals surface area contributed by atoms with Gasteiger partial charge in [-0.15, -0.1) is 0 Å². The Labute approximate surface area is 181 Å². The summed E-state index contributed by atoms with van der Waals surface area (Å²) in [7, 11) is 1.90. The number of hydrogen-bond donors (Lipinski definition) is 3. The van der Waals surface area contributed by atoms with Gasteiger partial charge < -0.3 is 15.5 Å². The average Bonchev–Trinajstić information content (AvgIpc) is 3.19. The number of H-pyrrole nitrogens is 1. The van der Waals surface area contributed by atoms with Gasteiger partial charge in [0.1, 0.15) is 0 Å². The monoisotopic (exact) mass is 413 g/mol. The van der Waals surface area contributed by atoms with Crippen molar-refractivity contribution in [3.8, 4) is 11.3 Å². The van der Waals surface area contributed by atoms with E-state index in [0.29, 0.717) is 6.04 Å². The summed E-state index contributed by atoms with van der Waals surface area (Å²) in [6.07, 6.45) is 2.84. The lowest BCUT2D eigenvalue weighted by molar-refractivity contribution is 0.453. The van der Waals surface area contributed by atoms with Crippen molar-refractivity contribution in [2.75, 3.05) is 36.9 Å². The minimum atomic E-state index is 0.372. The second-order valence-corrected chi connectivity index (χ2v) is 8.03. The molecule has 0 radical (unpaired) electrons. The molecule has 31 heavy (non-hydrogen) atoms. The number of aromatic nitrogens is 4. The van der Waals surface area contributed by atoms with Gasteiger partial charge in [0.25, 0.3) is 0 Å². The highest BCUT2D eigenvalue weighted by Gasteiger charge is 2.23. The second-order valence-electron chi connectivity index (χ2n) is 8.03. The first-order valence-corrected chi connectivity index (χ1v) is 10.7. The van der Waals surface area contributed by atoms with Crippen LogP contribution in [0.5, 0.6) is 0 Å². The number of fused-ring (bicyclic) bond motifs is 1. The van der Waals surface area contributed by atoms with E-state index in [1.807, 2.05) is 20.2 Å². The summed E-state index contributed by atoms with van der Waals surface area (Å²) in [5.41, 5.74) is 5.29. The Morgan fingerprint density at radius 1 is 1.16 bits per heavy atom. The van der Waals surface area contributed by atoms with Crippen molar-refractivity contribution >= 4 is 22.5 Å². The van der Waals surface area contributed by atoms with Crippen molar-refractivity contribution < 1.29 is 0 Å². The zero-order valence-electron chi connectivity index (χ0n) is 17.9. The number of rotatable bonds is 5. The van der Waals surface area contributed by atoms with Crippen LogP contribution >= 0.6 is 0 Å². The number of nitrogens with zero attached hydrogens (tertiary/aromatic N) is 4. The van der Waals surface area contributed by atoms with Gasteiger partial charge in [0, 0.05) is 43.7 Å². The number of hydrogen-bond acceptors (Lipinski definition) is 6. The van der Waals surface area contributed by atoms with E-state index in [9.17, 15) is 0 Å². The van der Waals surface area contributed by atoms with Crippen molar-refractivity contribution in [3.05, 3.63) is 66.0 Å². The van der Waals surface area contributed by atoms with E-state index >= 15 is 0 Å². The zero-order valence-corrected chi connectivity index (χ0v) is 17.9. The molecule has 0 unspecified atom stereocenters. The van der Waals surface area contributed by atoms with Gasteiger partial charge in [0.2, 0.25) is 0 Å². The first kappa shape index (κ1) is 19.5. The second kappa shape index (κ2) is 8.35. The van der Waals surface area contributed by atoms with Gasteiger partial charge in [-0.25, -0.2) is 9.97 Å². The summed E-state index contributed by atoms with van der Waals surface area (Å²) >= 11 is 0. The fourth-order valence-electron chi connectivity index (χ4n) is 4.27. The summed E-state index contributed by atoms with van der Waals surface area (Å²) in [5.74, 6) is 1.72. The third kappa shape index (κ3) is 3.96. The maximum atomic E-state index is 5.04. The molecule has 2 aromatic heterocycles. The van der Waals surface area contributed by atoms with Crippen LogP contribution in [0.15, 0.2) is 54.7 Å². The molecule has 1 fully saturated rings. The lowest BCUT2D eigenvalue weighted by atomic mass is 10.0. The van der Waals surface area contributed by atoms with Crippen LogP contribution in [0.2, 0.25) is 0 Å². The van der Waals surface area contributed by atoms with Crippen LogP contribution in [-0.2, 0) is 6.42 Å². The van der Waals surface area contributed by atoms with Crippen LogP contribution in [0.3, 0.4) is 0 Å². The van der Waals surface area contributed by atoms with Crippen LogP contribution in [0.4, 0.5) is 11.6 Å². The summed E-state index contributed by atoms with van der Waals surface area (Å²) in [6.45, 7) is 4.73. The third-order valence-electron chi connectivity index (χ3n) is 5.92. The Morgan fingerprint density at radius 2 is 2.03 bits per heavy atom. The summed E-state index contributed by atoms with van der Waals surface area (Å²) in [4.78, 5) is 12.1. The van der Waals surface area contributed by atoms with Crippen molar-refractivity contribution in [3.63, 3.8) is 0 Å². The van der Waals surface area contributed by atoms with Crippen molar-refractivity contribution in [1.29, 1.82) is 0 Å². The Bertz CT molecular complexity index is 1190. The summed E-state index contributed by atoms with van der Waals surface area (Å²) < 4.78 is 0. The van der Waals surface area contributed by atoms with Crippen LogP contribution in [0.1, 0.15) is 11.3 Å². The highest BCUT2D eigenvalue weighted by molar-refractivity contribution is 5.86. The number of nitrogens with one attached hydrogen (secondary N) is 3. The number of aromatic amines is 1. The Hall–Kier alpha value is -3.45. The molecule has 0 amide bonds. The van der Waals surface area contributed by atoms with Gasteiger partial charge in [-0.2, -0.15) is 5.10 Å². The van der Waals surface area contributed by atoms with Crippen LogP contribution < -0.4 is 15.5 Å². The number of anilines is 2. The van der Waals surface area contributed by atoms with E-state index in [-0.39, 0.29) is 0 Å². The average molecular weight is 414 g/mol. The SMILES string of the molecule is CNc1ncc(-c2ccc3[nH]nc(C)c3c2)nc1N1CCN[C@@H](Cc2ccccc2)C1. The normalized spacial score (nSPS) is 16.6. The Balaban J connectivity index is 1.44. The Morgan fingerprint density at radius 3 is 2.87 bits per heavy atom. The summed E-state index contributed by atoms with van der Waals surface area (Å²) in [6, 6.07) is 17.3. The lowest BCUT2D eigenvalue weighted by Crippen LogP contribution is -2.52. The van der Waals surface area contributed by atoms with E-state index in [2.05, 4.69) is 79.2 Å². The van der Waals surface area contributed by atoms with Crippen LogP contribution in [-0.4, -0.2) is 52.9 Å².